The van der Waals surface area contributed by atoms with Crippen molar-refractivity contribution in [3.8, 4) is 22.8 Å². The van der Waals surface area contributed by atoms with Gasteiger partial charge in [0.05, 0.1) is 32.7 Å². The Balaban J connectivity index is 1.71. The molecule has 0 radical (unpaired) electrons. The lowest BCUT2D eigenvalue weighted by molar-refractivity contribution is -0.119. The van der Waals surface area contributed by atoms with Gasteiger partial charge < -0.3 is 28.7 Å². The summed E-state index contributed by atoms with van der Waals surface area (Å²) in [6.45, 7) is 1.29. The molecule has 3 rings (SSSR count). The Hall–Kier alpha value is -3.79. The zero-order valence-corrected chi connectivity index (χ0v) is 18.4. The summed E-state index contributed by atoms with van der Waals surface area (Å²) in [6, 6.07) is 7.93. The van der Waals surface area contributed by atoms with Crippen LogP contribution in [-0.4, -0.2) is 45.3 Å². The van der Waals surface area contributed by atoms with Crippen molar-refractivity contribution in [2.24, 2.45) is 0 Å². The molecule has 1 N–H and O–H groups in total. The summed E-state index contributed by atoms with van der Waals surface area (Å²) in [5, 5.41) is 4.53. The number of carbonyl (C=O) groups excluding carboxylic acids is 3. The number of nitrogens with one attached hydrogen (secondary N) is 1. The molecule has 3 aromatic rings. The number of thiophene rings is 1. The number of furan rings is 1. The maximum absolute atomic E-state index is 12.5. The van der Waals surface area contributed by atoms with Crippen LogP contribution in [0.25, 0.3) is 11.3 Å². The van der Waals surface area contributed by atoms with Crippen molar-refractivity contribution in [1.82, 2.24) is 0 Å². The van der Waals surface area contributed by atoms with Crippen molar-refractivity contribution in [2.75, 3.05) is 32.8 Å². The Bertz CT molecular complexity index is 1080. The van der Waals surface area contributed by atoms with Gasteiger partial charge in [0.15, 0.2) is 6.61 Å². The highest BCUT2D eigenvalue weighted by Gasteiger charge is 2.24. The number of amides is 1. The molecular formula is C22H21NO8S. The highest BCUT2D eigenvalue weighted by Crippen LogP contribution is 2.36. The maximum Gasteiger partial charge on any atom is 0.341 e. The van der Waals surface area contributed by atoms with Crippen LogP contribution in [0.5, 0.6) is 11.5 Å². The number of methoxy groups -OCH3 is 2. The van der Waals surface area contributed by atoms with Gasteiger partial charge in [0.1, 0.15) is 27.8 Å². The third-order valence-corrected chi connectivity index (χ3v) is 5.13. The van der Waals surface area contributed by atoms with Crippen LogP contribution < -0.4 is 14.8 Å². The van der Waals surface area contributed by atoms with E-state index in [0.29, 0.717) is 22.8 Å². The minimum atomic E-state index is -0.731. The van der Waals surface area contributed by atoms with E-state index in [2.05, 4.69) is 5.32 Å². The first-order chi connectivity index (χ1) is 15.5. The summed E-state index contributed by atoms with van der Waals surface area (Å²) in [4.78, 5) is 37.3. The molecule has 1 amide bonds. The van der Waals surface area contributed by atoms with Gasteiger partial charge in [-0.05, 0) is 31.2 Å². The number of benzene rings is 1. The van der Waals surface area contributed by atoms with Crippen LogP contribution in [0, 0.1) is 0 Å². The number of rotatable bonds is 9. The number of carbonyl (C=O) groups is 3. The van der Waals surface area contributed by atoms with Crippen LogP contribution in [-0.2, 0) is 14.3 Å². The van der Waals surface area contributed by atoms with Crippen molar-refractivity contribution in [3.05, 3.63) is 53.1 Å². The van der Waals surface area contributed by atoms with Crippen LogP contribution >= 0.6 is 11.3 Å². The summed E-state index contributed by atoms with van der Waals surface area (Å²) < 4.78 is 25.8. The van der Waals surface area contributed by atoms with Crippen LogP contribution in [0.4, 0.5) is 5.00 Å². The number of esters is 2. The van der Waals surface area contributed by atoms with Gasteiger partial charge in [-0.1, -0.05) is 0 Å². The van der Waals surface area contributed by atoms with Crippen LogP contribution in [0.3, 0.4) is 0 Å². The third-order valence-electron chi connectivity index (χ3n) is 4.23. The van der Waals surface area contributed by atoms with E-state index in [1.54, 1.807) is 30.5 Å². The minimum absolute atomic E-state index is 0.164. The van der Waals surface area contributed by atoms with Gasteiger partial charge in [0.25, 0.3) is 5.91 Å². The second kappa shape index (κ2) is 10.5. The monoisotopic (exact) mass is 459 g/mol. The Kier molecular flexibility index (Phi) is 7.50. The number of hydrogen-bond donors (Lipinski definition) is 1. The van der Waals surface area contributed by atoms with E-state index in [-0.39, 0.29) is 22.7 Å². The van der Waals surface area contributed by atoms with Crippen LogP contribution in [0.15, 0.2) is 46.4 Å². The first kappa shape index (κ1) is 22.9. The average Bonchev–Trinajstić information content (AvgIpc) is 3.47. The van der Waals surface area contributed by atoms with Crippen molar-refractivity contribution in [3.63, 3.8) is 0 Å². The van der Waals surface area contributed by atoms with Gasteiger partial charge >= 0.3 is 11.9 Å². The highest BCUT2D eigenvalue weighted by atomic mass is 32.1. The van der Waals surface area contributed by atoms with Gasteiger partial charge in [0.2, 0.25) is 0 Å². The number of ether oxygens (including phenoxy) is 4. The summed E-state index contributed by atoms with van der Waals surface area (Å²) in [7, 11) is 2.91. The molecule has 0 aliphatic carbocycles. The SMILES string of the molecule is CCOC(=O)c1c(-c2ccco2)csc1NC(=O)COC(=O)c1cc(OC)cc(OC)c1. The zero-order valence-electron chi connectivity index (χ0n) is 17.6. The Morgan fingerprint density at radius 2 is 1.75 bits per heavy atom. The van der Waals surface area contributed by atoms with Crippen LogP contribution in [0.1, 0.15) is 27.6 Å². The smallest absolute Gasteiger partial charge is 0.341 e. The normalized spacial score (nSPS) is 10.3. The number of anilines is 1. The molecule has 0 saturated heterocycles. The fourth-order valence-electron chi connectivity index (χ4n) is 2.77. The quantitative estimate of drug-likeness (QED) is 0.478. The molecule has 0 spiro atoms. The maximum atomic E-state index is 12.5. The van der Waals surface area contributed by atoms with Crippen molar-refractivity contribution in [1.29, 1.82) is 0 Å². The minimum Gasteiger partial charge on any atom is -0.497 e. The Morgan fingerprint density at radius 3 is 2.34 bits per heavy atom. The van der Waals surface area contributed by atoms with Gasteiger partial charge in [-0.25, -0.2) is 9.59 Å². The largest absolute Gasteiger partial charge is 0.497 e. The Morgan fingerprint density at radius 1 is 1.03 bits per heavy atom. The van der Waals surface area contributed by atoms with E-state index in [4.69, 9.17) is 23.4 Å². The fraction of sp³-hybridized carbons (Fsp3) is 0.227. The second-order valence-corrected chi connectivity index (χ2v) is 7.16. The third kappa shape index (κ3) is 5.27. The molecule has 10 heteroatoms. The molecule has 0 aliphatic rings. The first-order valence-electron chi connectivity index (χ1n) is 9.49. The standard InChI is InChI=1S/C22H21NO8S/c1-4-29-22(26)19-16(17-6-5-7-30-17)12-32-20(19)23-18(24)11-31-21(25)13-8-14(27-2)10-15(9-13)28-3/h5-10,12H,4,11H2,1-3H3,(H,23,24). The van der Waals surface area contributed by atoms with E-state index in [1.807, 2.05) is 0 Å². The van der Waals surface area contributed by atoms with Crippen molar-refractivity contribution in [2.45, 2.75) is 6.92 Å². The summed E-state index contributed by atoms with van der Waals surface area (Å²) in [5.41, 5.74) is 0.829. The molecule has 0 saturated carbocycles. The van der Waals surface area contributed by atoms with Crippen molar-refractivity contribution < 1.29 is 37.7 Å². The molecule has 0 atom stereocenters. The fourth-order valence-corrected chi connectivity index (χ4v) is 3.73. The zero-order chi connectivity index (χ0) is 23.1. The van der Waals surface area contributed by atoms with Gasteiger partial charge in [-0.2, -0.15) is 0 Å². The predicted molar refractivity (Wildman–Crippen MR) is 116 cm³/mol. The van der Waals surface area contributed by atoms with Crippen LogP contribution in [0.2, 0.25) is 0 Å². The first-order valence-corrected chi connectivity index (χ1v) is 10.4. The topological polar surface area (TPSA) is 113 Å². The van der Waals surface area contributed by atoms with E-state index in [1.165, 1.54) is 32.6 Å². The molecule has 0 fully saturated rings. The summed E-state index contributed by atoms with van der Waals surface area (Å²) >= 11 is 1.13. The lowest BCUT2D eigenvalue weighted by atomic mass is 10.1. The molecule has 0 bridgehead atoms. The van der Waals surface area contributed by atoms with Gasteiger partial charge in [0, 0.05) is 17.0 Å². The van der Waals surface area contributed by atoms with Crippen molar-refractivity contribution >= 4 is 34.2 Å². The summed E-state index contributed by atoms with van der Waals surface area (Å²) in [6.07, 6.45) is 1.48. The molecular weight excluding hydrogens is 438 g/mol. The average molecular weight is 459 g/mol. The molecule has 9 nitrogen and oxygen atoms in total. The summed E-state index contributed by atoms with van der Waals surface area (Å²) in [5.74, 6) is -0.677. The molecule has 2 heterocycles. The molecule has 0 unspecified atom stereocenters. The Labute approximate surface area is 187 Å². The second-order valence-electron chi connectivity index (χ2n) is 6.28. The lowest BCUT2D eigenvalue weighted by Crippen LogP contribution is -2.21. The number of hydrogen-bond acceptors (Lipinski definition) is 9. The predicted octanol–water partition coefficient (Wildman–Crippen LogP) is 4.00. The molecule has 32 heavy (non-hydrogen) atoms. The molecule has 168 valence electrons. The van der Waals surface area contributed by atoms with E-state index in [9.17, 15) is 14.4 Å². The van der Waals surface area contributed by atoms with E-state index >= 15 is 0 Å². The van der Waals surface area contributed by atoms with Gasteiger partial charge in [-0.3, -0.25) is 4.79 Å². The van der Waals surface area contributed by atoms with Gasteiger partial charge in [-0.15, -0.1) is 11.3 Å². The molecule has 1 aromatic carbocycles. The lowest BCUT2D eigenvalue weighted by Gasteiger charge is -2.10. The van der Waals surface area contributed by atoms with E-state index in [0.717, 1.165) is 11.3 Å². The molecule has 0 aliphatic heterocycles. The van der Waals surface area contributed by atoms with E-state index < -0.39 is 24.5 Å². The molecule has 2 aromatic heterocycles. The highest BCUT2D eigenvalue weighted by molar-refractivity contribution is 7.15.